The second kappa shape index (κ2) is 7.25. The summed E-state index contributed by atoms with van der Waals surface area (Å²) >= 11 is 0. The molecule has 1 unspecified atom stereocenters. The first-order valence-corrected chi connectivity index (χ1v) is 5.44. The molecule has 0 radical (unpaired) electrons. The molecule has 0 aliphatic heterocycles. The molecule has 0 heterocycles. The van der Waals surface area contributed by atoms with Crippen molar-refractivity contribution in [2.45, 2.75) is 26.1 Å². The second-order valence-electron chi connectivity index (χ2n) is 3.81. The summed E-state index contributed by atoms with van der Waals surface area (Å²) < 4.78 is 31.7. The number of carbonyl (C=O) groups is 1. The number of esters is 1. The fourth-order valence-corrected chi connectivity index (χ4v) is 1.52. The summed E-state index contributed by atoms with van der Waals surface area (Å²) in [5.74, 6) is -2.49. The molecule has 7 heteroatoms. The quantitative estimate of drug-likeness (QED) is 0.835. The first-order chi connectivity index (χ1) is 8.40. The van der Waals surface area contributed by atoms with Gasteiger partial charge in [0.2, 0.25) is 6.17 Å². The number of phenolic OH excluding ortho intramolecular Hbond substituents is 1. The molecule has 0 saturated carbocycles. The maximum Gasteiger partial charge on any atom is 0.342 e. The van der Waals surface area contributed by atoms with Crippen molar-refractivity contribution in [3.63, 3.8) is 0 Å². The third-order valence-electron chi connectivity index (χ3n) is 2.53. The fourth-order valence-electron chi connectivity index (χ4n) is 1.52. The zero-order valence-electron chi connectivity index (χ0n) is 10.5. The molecule has 1 aromatic carbocycles. The van der Waals surface area contributed by atoms with Crippen LogP contribution >= 0.6 is 12.4 Å². The van der Waals surface area contributed by atoms with Crippen LogP contribution < -0.4 is 5.73 Å². The molecule has 0 amide bonds. The molecule has 0 fully saturated rings. The smallest absolute Gasteiger partial charge is 0.342 e. The summed E-state index contributed by atoms with van der Waals surface area (Å²) in [6, 6.07) is 0.782. The summed E-state index contributed by atoms with van der Waals surface area (Å²) in [6.45, 7) is 3.03. The van der Waals surface area contributed by atoms with E-state index >= 15 is 0 Å². The van der Waals surface area contributed by atoms with E-state index in [9.17, 15) is 18.7 Å². The number of phenols is 1. The standard InChI is InChI=1S/C12H15F2NO3.ClH/c1-3-18-12(17)9(14)10(15)8-7(13)5-4-6(2)11(8)16;/h4-5,9-10,16H,3,15H2,1-2H3;1H/t9?,10-;/m0./s1. The van der Waals surface area contributed by atoms with Crippen molar-refractivity contribution in [2.75, 3.05) is 6.61 Å². The average molecular weight is 296 g/mol. The molecule has 1 rings (SSSR count). The topological polar surface area (TPSA) is 72.5 Å². The Bertz CT molecular complexity index is 457. The lowest BCUT2D eigenvalue weighted by molar-refractivity contribution is -0.150. The molecular weight excluding hydrogens is 280 g/mol. The number of carbonyl (C=O) groups excluding carboxylic acids is 1. The molecule has 108 valence electrons. The first-order valence-electron chi connectivity index (χ1n) is 5.44. The van der Waals surface area contributed by atoms with E-state index in [2.05, 4.69) is 4.74 Å². The molecule has 3 N–H and O–H groups in total. The number of alkyl halides is 1. The molecular formula is C12H16ClF2NO3. The van der Waals surface area contributed by atoms with Gasteiger partial charge in [-0.25, -0.2) is 13.6 Å². The van der Waals surface area contributed by atoms with Crippen molar-refractivity contribution in [3.8, 4) is 5.75 Å². The van der Waals surface area contributed by atoms with Crippen LogP contribution in [0.1, 0.15) is 24.1 Å². The normalized spacial score (nSPS) is 13.3. The number of hydrogen-bond acceptors (Lipinski definition) is 4. The summed E-state index contributed by atoms with van der Waals surface area (Å²) in [4.78, 5) is 11.2. The van der Waals surface area contributed by atoms with Crippen LogP contribution in [0.2, 0.25) is 0 Å². The summed E-state index contributed by atoms with van der Waals surface area (Å²) in [5.41, 5.74) is 5.39. The van der Waals surface area contributed by atoms with Crippen LogP contribution in [0.25, 0.3) is 0 Å². The Balaban J connectivity index is 0.00000324. The highest BCUT2D eigenvalue weighted by Gasteiger charge is 2.32. The average Bonchev–Trinajstić information content (AvgIpc) is 2.33. The van der Waals surface area contributed by atoms with E-state index in [-0.39, 0.29) is 19.0 Å². The summed E-state index contributed by atoms with van der Waals surface area (Å²) in [6.07, 6.45) is -2.23. The van der Waals surface area contributed by atoms with E-state index in [4.69, 9.17) is 5.73 Å². The van der Waals surface area contributed by atoms with Gasteiger partial charge in [-0.1, -0.05) is 6.07 Å². The lowest BCUT2D eigenvalue weighted by Crippen LogP contribution is -2.32. The Kier molecular flexibility index (Phi) is 6.72. The molecule has 2 atom stereocenters. The molecule has 0 aliphatic carbocycles. The van der Waals surface area contributed by atoms with Crippen molar-refractivity contribution in [2.24, 2.45) is 5.73 Å². The molecule has 0 bridgehead atoms. The van der Waals surface area contributed by atoms with E-state index in [1.54, 1.807) is 0 Å². The van der Waals surface area contributed by atoms with Crippen LogP contribution in [0.5, 0.6) is 5.75 Å². The first kappa shape index (κ1) is 17.6. The van der Waals surface area contributed by atoms with Gasteiger partial charge < -0.3 is 15.6 Å². The monoisotopic (exact) mass is 295 g/mol. The van der Waals surface area contributed by atoms with Crippen LogP contribution in [0.4, 0.5) is 8.78 Å². The van der Waals surface area contributed by atoms with Crippen LogP contribution in [0, 0.1) is 12.7 Å². The molecule has 1 aromatic rings. The highest BCUT2D eigenvalue weighted by Crippen LogP contribution is 2.31. The maximum absolute atomic E-state index is 13.7. The minimum Gasteiger partial charge on any atom is -0.507 e. The highest BCUT2D eigenvalue weighted by atomic mass is 35.5. The Labute approximate surface area is 116 Å². The molecule has 0 aromatic heterocycles. The van der Waals surface area contributed by atoms with Gasteiger partial charge in [0.1, 0.15) is 11.6 Å². The molecule has 19 heavy (non-hydrogen) atoms. The molecule has 0 spiro atoms. The van der Waals surface area contributed by atoms with Gasteiger partial charge in [0.25, 0.3) is 0 Å². The number of halogens is 3. The van der Waals surface area contributed by atoms with Gasteiger partial charge in [-0.05, 0) is 25.5 Å². The summed E-state index contributed by atoms with van der Waals surface area (Å²) in [5, 5.41) is 9.67. The fraction of sp³-hybridized carbons (Fsp3) is 0.417. The largest absolute Gasteiger partial charge is 0.507 e. The van der Waals surface area contributed by atoms with Crippen LogP contribution in [0.3, 0.4) is 0 Å². The lowest BCUT2D eigenvalue weighted by atomic mass is 9.99. The van der Waals surface area contributed by atoms with Crippen molar-refractivity contribution < 1.29 is 23.4 Å². The van der Waals surface area contributed by atoms with E-state index in [1.807, 2.05) is 0 Å². The van der Waals surface area contributed by atoms with E-state index in [1.165, 1.54) is 19.9 Å². The molecule has 0 aliphatic rings. The van der Waals surface area contributed by atoms with Gasteiger partial charge in [0, 0.05) is 0 Å². The third kappa shape index (κ3) is 3.78. The zero-order chi connectivity index (χ0) is 13.9. The number of aromatic hydroxyl groups is 1. The Morgan fingerprint density at radius 3 is 2.63 bits per heavy atom. The Morgan fingerprint density at radius 2 is 2.11 bits per heavy atom. The predicted octanol–water partition coefficient (Wildman–Crippen LogP) is 2.16. The number of benzene rings is 1. The van der Waals surface area contributed by atoms with Crippen molar-refractivity contribution >= 4 is 18.4 Å². The van der Waals surface area contributed by atoms with Gasteiger partial charge in [-0.2, -0.15) is 0 Å². The zero-order valence-corrected chi connectivity index (χ0v) is 11.3. The van der Waals surface area contributed by atoms with Gasteiger partial charge in [-0.3, -0.25) is 0 Å². The summed E-state index contributed by atoms with van der Waals surface area (Å²) in [7, 11) is 0. The number of rotatable bonds is 4. The molecule has 4 nitrogen and oxygen atoms in total. The van der Waals surface area contributed by atoms with E-state index in [0.717, 1.165) is 6.07 Å². The Morgan fingerprint density at radius 1 is 1.53 bits per heavy atom. The van der Waals surface area contributed by atoms with E-state index in [0.29, 0.717) is 5.56 Å². The minimum absolute atomic E-state index is 0. The number of aryl methyl sites for hydroxylation is 1. The van der Waals surface area contributed by atoms with Gasteiger partial charge in [0.05, 0.1) is 18.2 Å². The van der Waals surface area contributed by atoms with Crippen LogP contribution in [0.15, 0.2) is 12.1 Å². The van der Waals surface area contributed by atoms with Gasteiger partial charge in [0.15, 0.2) is 0 Å². The number of hydrogen-bond donors (Lipinski definition) is 2. The second-order valence-corrected chi connectivity index (χ2v) is 3.81. The van der Waals surface area contributed by atoms with Gasteiger partial charge >= 0.3 is 5.97 Å². The van der Waals surface area contributed by atoms with Crippen LogP contribution in [-0.2, 0) is 9.53 Å². The number of ether oxygens (including phenoxy) is 1. The van der Waals surface area contributed by atoms with Crippen LogP contribution in [-0.4, -0.2) is 23.9 Å². The minimum atomic E-state index is -2.23. The predicted molar refractivity (Wildman–Crippen MR) is 68.5 cm³/mol. The van der Waals surface area contributed by atoms with Gasteiger partial charge in [-0.15, -0.1) is 12.4 Å². The number of nitrogens with two attached hydrogens (primary N) is 1. The molecule has 0 saturated heterocycles. The van der Waals surface area contributed by atoms with Crippen molar-refractivity contribution in [3.05, 3.63) is 29.1 Å². The highest BCUT2D eigenvalue weighted by molar-refractivity contribution is 5.85. The van der Waals surface area contributed by atoms with E-state index < -0.39 is 35.3 Å². The maximum atomic E-state index is 13.7. The third-order valence-corrected chi connectivity index (χ3v) is 2.53. The van der Waals surface area contributed by atoms with Crippen molar-refractivity contribution in [1.29, 1.82) is 0 Å². The lowest BCUT2D eigenvalue weighted by Gasteiger charge is -2.18. The van der Waals surface area contributed by atoms with Crippen molar-refractivity contribution in [1.82, 2.24) is 0 Å². The Hall–Kier alpha value is -1.40. The SMILES string of the molecule is CCOC(=O)C(F)[C@@H](N)c1c(F)ccc(C)c1O.Cl.